The van der Waals surface area contributed by atoms with Crippen LogP contribution in [0.5, 0.6) is 0 Å². The molecule has 6 nitrogen and oxygen atoms in total. The molecule has 0 aromatic carbocycles. The second-order valence-electron chi connectivity index (χ2n) is 5.36. The first-order valence-corrected chi connectivity index (χ1v) is 8.84. The van der Waals surface area contributed by atoms with E-state index in [1.165, 1.54) is 11.8 Å². The highest BCUT2D eigenvalue weighted by atomic mass is 35.5. The molecule has 0 bridgehead atoms. The quantitative estimate of drug-likeness (QED) is 0.575. The van der Waals surface area contributed by atoms with Crippen LogP contribution in [0.3, 0.4) is 0 Å². The Bertz CT molecular complexity index is 721. The Morgan fingerprint density at radius 2 is 2.00 bits per heavy atom. The summed E-state index contributed by atoms with van der Waals surface area (Å²) in [7, 11) is 0. The maximum Gasteiger partial charge on any atom is 0.406 e. The molecule has 2 aromatic rings. The van der Waals surface area contributed by atoms with E-state index in [1.807, 2.05) is 0 Å². The van der Waals surface area contributed by atoms with Crippen molar-refractivity contribution >= 4 is 29.3 Å². The Hall–Kier alpha value is -1.52. The van der Waals surface area contributed by atoms with Crippen LogP contribution >= 0.6 is 23.4 Å². The Balaban J connectivity index is 1.81. The number of thioether (sulfide) groups is 1. The van der Waals surface area contributed by atoms with Gasteiger partial charge in [-0.15, -0.1) is 10.2 Å². The molecule has 11 heteroatoms. The van der Waals surface area contributed by atoms with Gasteiger partial charge in [0.1, 0.15) is 11.7 Å². The van der Waals surface area contributed by atoms with Gasteiger partial charge in [0, 0.05) is 25.0 Å². The molecule has 0 atom stereocenters. The maximum atomic E-state index is 13.0. The van der Waals surface area contributed by atoms with Crippen LogP contribution in [0.4, 0.5) is 19.1 Å². The Labute approximate surface area is 151 Å². The highest BCUT2D eigenvalue weighted by Crippen LogP contribution is 2.29. The smallest absolute Gasteiger partial charge is 0.378 e. The number of aromatic nitrogens is 4. The van der Waals surface area contributed by atoms with Crippen molar-refractivity contribution in [1.82, 2.24) is 19.7 Å². The zero-order chi connectivity index (χ0) is 17.9. The summed E-state index contributed by atoms with van der Waals surface area (Å²) < 4.78 is 45.4. The molecule has 0 aliphatic carbocycles. The van der Waals surface area contributed by atoms with Crippen molar-refractivity contribution < 1.29 is 17.9 Å². The molecule has 3 rings (SSSR count). The van der Waals surface area contributed by atoms with E-state index < -0.39 is 12.7 Å². The van der Waals surface area contributed by atoms with Gasteiger partial charge in [-0.1, -0.05) is 23.4 Å². The Kier molecular flexibility index (Phi) is 5.70. The molecule has 136 valence electrons. The number of pyridine rings is 1. The summed E-state index contributed by atoms with van der Waals surface area (Å²) in [6.45, 7) is 0.751. The minimum Gasteiger partial charge on any atom is -0.378 e. The molecule has 1 aliphatic rings. The molecule has 0 N–H and O–H groups in total. The van der Waals surface area contributed by atoms with Crippen molar-refractivity contribution in [2.45, 2.75) is 23.6 Å². The van der Waals surface area contributed by atoms with Crippen LogP contribution < -0.4 is 4.90 Å². The lowest BCUT2D eigenvalue weighted by Gasteiger charge is -2.28. The van der Waals surface area contributed by atoms with E-state index in [4.69, 9.17) is 16.3 Å². The zero-order valence-corrected chi connectivity index (χ0v) is 14.6. The topological polar surface area (TPSA) is 56.1 Å². The first-order valence-electron chi connectivity index (χ1n) is 7.48. The third kappa shape index (κ3) is 4.99. The van der Waals surface area contributed by atoms with Crippen LogP contribution in [-0.2, 0) is 17.0 Å². The summed E-state index contributed by atoms with van der Waals surface area (Å²) in [6.07, 6.45) is -2.81. The number of morpholine rings is 1. The average molecular weight is 394 g/mol. The van der Waals surface area contributed by atoms with Gasteiger partial charge in [-0.3, -0.25) is 4.57 Å². The van der Waals surface area contributed by atoms with Crippen LogP contribution in [0.15, 0.2) is 23.5 Å². The molecule has 1 fully saturated rings. The highest BCUT2D eigenvalue weighted by Gasteiger charge is 2.32. The second-order valence-corrected chi connectivity index (χ2v) is 6.69. The molecule has 0 spiro atoms. The number of halogens is 4. The summed E-state index contributed by atoms with van der Waals surface area (Å²) >= 11 is 7.01. The van der Waals surface area contributed by atoms with Gasteiger partial charge in [0.15, 0.2) is 5.16 Å². The summed E-state index contributed by atoms with van der Waals surface area (Å²) in [5, 5.41) is 8.49. The first kappa shape index (κ1) is 18.3. The van der Waals surface area contributed by atoms with E-state index in [0.29, 0.717) is 37.2 Å². The molecular weight excluding hydrogens is 379 g/mol. The van der Waals surface area contributed by atoms with Crippen molar-refractivity contribution in [2.75, 3.05) is 31.2 Å². The fraction of sp³-hybridized carbons (Fsp3) is 0.500. The summed E-state index contributed by atoms with van der Waals surface area (Å²) in [4.78, 5) is 5.64. The summed E-state index contributed by atoms with van der Waals surface area (Å²) in [6, 6.07) is 3.42. The van der Waals surface area contributed by atoms with Gasteiger partial charge >= 0.3 is 6.18 Å². The van der Waals surface area contributed by atoms with E-state index in [9.17, 15) is 13.2 Å². The third-order valence-electron chi connectivity index (χ3n) is 3.49. The van der Waals surface area contributed by atoms with Crippen molar-refractivity contribution in [3.8, 4) is 0 Å². The van der Waals surface area contributed by atoms with Crippen molar-refractivity contribution in [3.63, 3.8) is 0 Å². The largest absolute Gasteiger partial charge is 0.406 e. The third-order valence-corrected chi connectivity index (χ3v) is 4.73. The number of hydrogen-bond donors (Lipinski definition) is 0. The second kappa shape index (κ2) is 7.79. The molecule has 3 heterocycles. The minimum atomic E-state index is -4.36. The fourth-order valence-electron chi connectivity index (χ4n) is 2.38. The fourth-order valence-corrected chi connectivity index (χ4v) is 3.46. The molecule has 0 radical (unpaired) electrons. The van der Waals surface area contributed by atoms with Gasteiger partial charge in [-0.25, -0.2) is 4.98 Å². The van der Waals surface area contributed by atoms with Gasteiger partial charge in [-0.2, -0.15) is 13.2 Å². The predicted molar refractivity (Wildman–Crippen MR) is 87.9 cm³/mol. The van der Waals surface area contributed by atoms with Crippen LogP contribution in [0.1, 0.15) is 5.56 Å². The van der Waals surface area contributed by atoms with Crippen LogP contribution in [-0.4, -0.2) is 52.2 Å². The molecule has 0 amide bonds. The maximum absolute atomic E-state index is 13.0. The SMILES string of the molecule is FC(F)(F)Cn1c(SCc2ccnc(Cl)c2)nnc1N1CCOCC1. The zero-order valence-electron chi connectivity index (χ0n) is 13.0. The van der Waals surface area contributed by atoms with E-state index >= 15 is 0 Å². The molecule has 25 heavy (non-hydrogen) atoms. The molecule has 0 saturated carbocycles. The van der Waals surface area contributed by atoms with E-state index in [1.54, 1.807) is 23.2 Å². The van der Waals surface area contributed by atoms with E-state index in [2.05, 4.69) is 15.2 Å². The molecule has 0 unspecified atom stereocenters. The Morgan fingerprint density at radius 3 is 2.68 bits per heavy atom. The van der Waals surface area contributed by atoms with Gasteiger partial charge in [0.25, 0.3) is 0 Å². The monoisotopic (exact) mass is 393 g/mol. The van der Waals surface area contributed by atoms with E-state index in [0.717, 1.165) is 10.1 Å². The molecule has 1 saturated heterocycles. The summed E-state index contributed by atoms with van der Waals surface area (Å²) in [5.74, 6) is 0.636. The number of anilines is 1. The first-order chi connectivity index (χ1) is 11.9. The van der Waals surface area contributed by atoms with Crippen molar-refractivity contribution in [2.24, 2.45) is 0 Å². The van der Waals surface area contributed by atoms with Crippen molar-refractivity contribution in [1.29, 1.82) is 0 Å². The highest BCUT2D eigenvalue weighted by molar-refractivity contribution is 7.98. The predicted octanol–water partition coefficient (Wildman–Crippen LogP) is 3.02. The van der Waals surface area contributed by atoms with Gasteiger partial charge in [0.05, 0.1) is 13.2 Å². The molecule has 1 aliphatic heterocycles. The number of nitrogens with zero attached hydrogens (tertiary/aromatic N) is 5. The van der Waals surface area contributed by atoms with E-state index in [-0.39, 0.29) is 11.1 Å². The summed E-state index contributed by atoms with van der Waals surface area (Å²) in [5.41, 5.74) is 0.847. The standard InChI is InChI=1S/C14H15ClF3N5OS/c15-11-7-10(1-2-19-11)8-25-13-21-20-12(22-3-5-24-6-4-22)23(13)9-14(16,17)18/h1-2,7H,3-6,8-9H2. The normalized spacial score (nSPS) is 15.6. The van der Waals surface area contributed by atoms with Gasteiger partial charge in [0.2, 0.25) is 5.95 Å². The number of ether oxygens (including phenoxy) is 1. The lowest BCUT2D eigenvalue weighted by molar-refractivity contribution is -0.141. The van der Waals surface area contributed by atoms with Crippen LogP contribution in [0, 0.1) is 0 Å². The minimum absolute atomic E-state index is 0.215. The number of alkyl halides is 3. The number of hydrogen-bond acceptors (Lipinski definition) is 6. The average Bonchev–Trinajstić information content (AvgIpc) is 2.94. The number of rotatable bonds is 5. The van der Waals surface area contributed by atoms with Crippen molar-refractivity contribution in [3.05, 3.63) is 29.0 Å². The molecule has 2 aromatic heterocycles. The van der Waals surface area contributed by atoms with Gasteiger partial charge < -0.3 is 9.64 Å². The Morgan fingerprint density at radius 1 is 1.24 bits per heavy atom. The lowest BCUT2D eigenvalue weighted by Crippen LogP contribution is -2.38. The lowest BCUT2D eigenvalue weighted by atomic mass is 10.3. The van der Waals surface area contributed by atoms with Crippen LogP contribution in [0.25, 0.3) is 0 Å². The molecular formula is C14H15ClF3N5OS. The van der Waals surface area contributed by atoms with Crippen LogP contribution in [0.2, 0.25) is 5.15 Å². The van der Waals surface area contributed by atoms with Gasteiger partial charge in [-0.05, 0) is 17.7 Å².